The summed E-state index contributed by atoms with van der Waals surface area (Å²) in [6.07, 6.45) is 3.94. The molecule has 0 atom stereocenters. The molecule has 2 N–H and O–H groups in total. The maximum Gasteiger partial charge on any atom is 0.258 e. The Kier molecular flexibility index (Phi) is 3.52. The van der Waals surface area contributed by atoms with Gasteiger partial charge in [-0.25, -0.2) is 9.37 Å². The van der Waals surface area contributed by atoms with E-state index in [0.717, 1.165) is 0 Å². The first-order valence-corrected chi connectivity index (χ1v) is 5.31. The van der Waals surface area contributed by atoms with Crippen molar-refractivity contribution in [3.05, 3.63) is 36.1 Å². The Hall–Kier alpha value is -2.44. The Bertz CT molecular complexity index is 542. The van der Waals surface area contributed by atoms with Crippen LogP contribution in [0.2, 0.25) is 0 Å². The third kappa shape index (κ3) is 2.45. The number of amides is 1. The number of rotatable bonds is 4. The van der Waals surface area contributed by atoms with Crippen LogP contribution in [0.5, 0.6) is 0 Å². The molecule has 6 nitrogen and oxygen atoms in total. The molecule has 0 saturated heterocycles. The summed E-state index contributed by atoms with van der Waals surface area (Å²) >= 11 is 0. The SMILES string of the molecule is CCNc1nccc(C(=O)Nc2cnoc2)c1F. The lowest BCUT2D eigenvalue weighted by Gasteiger charge is -2.07. The van der Waals surface area contributed by atoms with Gasteiger partial charge in [0.05, 0.1) is 11.8 Å². The fraction of sp³-hybridized carbons (Fsp3) is 0.182. The largest absolute Gasteiger partial charge is 0.368 e. The molecule has 2 aromatic rings. The number of carbonyl (C=O) groups excluding carboxylic acids is 1. The quantitative estimate of drug-likeness (QED) is 0.866. The van der Waals surface area contributed by atoms with E-state index in [-0.39, 0.29) is 11.4 Å². The van der Waals surface area contributed by atoms with Crippen LogP contribution in [0.15, 0.2) is 29.2 Å². The number of pyridine rings is 1. The van der Waals surface area contributed by atoms with E-state index in [9.17, 15) is 9.18 Å². The molecular weight excluding hydrogens is 239 g/mol. The second-order valence-corrected chi connectivity index (χ2v) is 3.42. The number of halogens is 1. The summed E-state index contributed by atoms with van der Waals surface area (Å²) in [5.74, 6) is -1.22. The van der Waals surface area contributed by atoms with Crippen molar-refractivity contribution in [2.45, 2.75) is 6.92 Å². The fourth-order valence-electron chi connectivity index (χ4n) is 1.37. The Morgan fingerprint density at radius 1 is 1.56 bits per heavy atom. The number of hydrogen-bond donors (Lipinski definition) is 2. The maximum absolute atomic E-state index is 13.9. The number of carbonyl (C=O) groups is 1. The van der Waals surface area contributed by atoms with E-state index in [1.807, 2.05) is 6.92 Å². The normalized spacial score (nSPS) is 10.1. The summed E-state index contributed by atoms with van der Waals surface area (Å²) < 4.78 is 18.5. The van der Waals surface area contributed by atoms with Crippen LogP contribution >= 0.6 is 0 Å². The molecule has 94 valence electrons. The van der Waals surface area contributed by atoms with Gasteiger partial charge >= 0.3 is 0 Å². The average Bonchev–Trinajstić information content (AvgIpc) is 2.85. The summed E-state index contributed by atoms with van der Waals surface area (Å²) in [6.45, 7) is 2.33. The molecule has 7 heteroatoms. The predicted molar refractivity (Wildman–Crippen MR) is 62.8 cm³/mol. The highest BCUT2D eigenvalue weighted by Crippen LogP contribution is 2.16. The molecule has 0 bridgehead atoms. The van der Waals surface area contributed by atoms with Gasteiger partial charge in [-0.3, -0.25) is 4.79 Å². The van der Waals surface area contributed by atoms with Crippen LogP contribution in [-0.4, -0.2) is 22.6 Å². The van der Waals surface area contributed by atoms with Crippen molar-refractivity contribution >= 4 is 17.4 Å². The van der Waals surface area contributed by atoms with Gasteiger partial charge in [0.2, 0.25) is 0 Å². The van der Waals surface area contributed by atoms with E-state index in [1.165, 1.54) is 24.7 Å². The van der Waals surface area contributed by atoms with Crippen molar-refractivity contribution in [3.8, 4) is 0 Å². The van der Waals surface area contributed by atoms with Gasteiger partial charge in [0, 0.05) is 12.7 Å². The third-order valence-corrected chi connectivity index (χ3v) is 2.17. The topological polar surface area (TPSA) is 80.0 Å². The minimum Gasteiger partial charge on any atom is -0.368 e. The standard InChI is InChI=1S/C11H11FN4O2/c1-2-13-10-9(12)8(3-4-14-10)11(17)16-7-5-15-18-6-7/h3-6H,2H2,1H3,(H,13,14)(H,16,17). The number of anilines is 2. The monoisotopic (exact) mass is 250 g/mol. The molecule has 0 fully saturated rings. The summed E-state index contributed by atoms with van der Waals surface area (Å²) in [5.41, 5.74) is 0.267. The van der Waals surface area contributed by atoms with Gasteiger partial charge in [-0.1, -0.05) is 5.16 Å². The summed E-state index contributed by atoms with van der Waals surface area (Å²) in [7, 11) is 0. The van der Waals surface area contributed by atoms with Crippen LogP contribution < -0.4 is 10.6 Å². The lowest BCUT2D eigenvalue weighted by molar-refractivity contribution is 0.102. The van der Waals surface area contributed by atoms with Gasteiger partial charge in [-0.15, -0.1) is 0 Å². The summed E-state index contributed by atoms with van der Waals surface area (Å²) in [5, 5.41) is 8.62. The number of hydrogen-bond acceptors (Lipinski definition) is 5. The Labute approximate surface area is 102 Å². The average molecular weight is 250 g/mol. The zero-order chi connectivity index (χ0) is 13.0. The van der Waals surface area contributed by atoms with Gasteiger partial charge in [0.15, 0.2) is 11.6 Å². The second-order valence-electron chi connectivity index (χ2n) is 3.42. The number of aromatic nitrogens is 2. The molecule has 2 aromatic heterocycles. The number of nitrogens with zero attached hydrogens (tertiary/aromatic N) is 2. The first-order chi connectivity index (χ1) is 8.72. The molecule has 0 aliphatic rings. The molecule has 18 heavy (non-hydrogen) atoms. The van der Waals surface area contributed by atoms with E-state index < -0.39 is 11.7 Å². The highest BCUT2D eigenvalue weighted by Gasteiger charge is 2.16. The maximum atomic E-state index is 13.9. The molecule has 2 heterocycles. The summed E-state index contributed by atoms with van der Waals surface area (Å²) in [4.78, 5) is 15.6. The van der Waals surface area contributed by atoms with Crippen LogP contribution in [0.3, 0.4) is 0 Å². The van der Waals surface area contributed by atoms with Crippen molar-refractivity contribution in [2.75, 3.05) is 17.2 Å². The van der Waals surface area contributed by atoms with Crippen molar-refractivity contribution in [3.63, 3.8) is 0 Å². The van der Waals surface area contributed by atoms with Gasteiger partial charge < -0.3 is 15.2 Å². The highest BCUT2D eigenvalue weighted by molar-refractivity contribution is 6.04. The second kappa shape index (κ2) is 5.26. The molecule has 0 aliphatic heterocycles. The lowest BCUT2D eigenvalue weighted by Crippen LogP contribution is -2.15. The molecule has 0 aliphatic carbocycles. The smallest absolute Gasteiger partial charge is 0.258 e. The van der Waals surface area contributed by atoms with Gasteiger partial charge in [-0.2, -0.15) is 0 Å². The van der Waals surface area contributed by atoms with Crippen LogP contribution in [0, 0.1) is 5.82 Å². The van der Waals surface area contributed by atoms with Crippen LogP contribution in [0.1, 0.15) is 17.3 Å². The van der Waals surface area contributed by atoms with E-state index in [1.54, 1.807) is 0 Å². The van der Waals surface area contributed by atoms with Crippen LogP contribution in [0.25, 0.3) is 0 Å². The van der Waals surface area contributed by atoms with E-state index >= 15 is 0 Å². The highest BCUT2D eigenvalue weighted by atomic mass is 19.1. The van der Waals surface area contributed by atoms with Crippen LogP contribution in [-0.2, 0) is 0 Å². The molecule has 0 unspecified atom stereocenters. The van der Waals surface area contributed by atoms with E-state index in [0.29, 0.717) is 12.2 Å². The molecule has 0 radical (unpaired) electrons. The molecule has 0 aromatic carbocycles. The lowest BCUT2D eigenvalue weighted by atomic mass is 10.2. The van der Waals surface area contributed by atoms with Gasteiger partial charge in [0.1, 0.15) is 12.0 Å². The van der Waals surface area contributed by atoms with Crippen molar-refractivity contribution in [1.29, 1.82) is 0 Å². The fourth-order valence-corrected chi connectivity index (χ4v) is 1.37. The molecule has 1 amide bonds. The zero-order valence-corrected chi connectivity index (χ0v) is 9.61. The van der Waals surface area contributed by atoms with E-state index in [4.69, 9.17) is 0 Å². The van der Waals surface area contributed by atoms with Crippen LogP contribution in [0.4, 0.5) is 15.9 Å². The Morgan fingerprint density at radius 3 is 3.06 bits per heavy atom. The van der Waals surface area contributed by atoms with Crippen molar-refractivity contribution in [1.82, 2.24) is 10.1 Å². The minimum absolute atomic E-state index is 0.0514. The zero-order valence-electron chi connectivity index (χ0n) is 9.61. The predicted octanol–water partition coefficient (Wildman–Crippen LogP) is 1.89. The van der Waals surface area contributed by atoms with Crippen molar-refractivity contribution in [2.24, 2.45) is 0 Å². The molecule has 0 saturated carbocycles. The molecular formula is C11H11FN4O2. The summed E-state index contributed by atoms with van der Waals surface area (Å²) in [6, 6.07) is 1.30. The number of nitrogens with one attached hydrogen (secondary N) is 2. The van der Waals surface area contributed by atoms with Gasteiger partial charge in [-0.05, 0) is 13.0 Å². The minimum atomic E-state index is -0.687. The van der Waals surface area contributed by atoms with E-state index in [2.05, 4.69) is 25.3 Å². The Balaban J connectivity index is 2.22. The van der Waals surface area contributed by atoms with Crippen molar-refractivity contribution < 1.29 is 13.7 Å². The third-order valence-electron chi connectivity index (χ3n) is 2.17. The first kappa shape index (κ1) is 12.0. The van der Waals surface area contributed by atoms with Gasteiger partial charge in [0.25, 0.3) is 5.91 Å². The molecule has 2 rings (SSSR count). The molecule has 0 spiro atoms. The first-order valence-electron chi connectivity index (χ1n) is 5.31. The Morgan fingerprint density at radius 2 is 2.39 bits per heavy atom.